The van der Waals surface area contributed by atoms with Crippen LogP contribution in [0, 0.1) is 5.92 Å². The van der Waals surface area contributed by atoms with Crippen molar-refractivity contribution in [1.82, 2.24) is 10.6 Å². The van der Waals surface area contributed by atoms with Gasteiger partial charge in [0.2, 0.25) is 0 Å². The molecule has 9 nitrogen and oxygen atoms in total. The van der Waals surface area contributed by atoms with Crippen LogP contribution in [0.3, 0.4) is 0 Å². The third-order valence-electron chi connectivity index (χ3n) is 3.59. The van der Waals surface area contributed by atoms with E-state index in [0.717, 1.165) is 18.7 Å². The van der Waals surface area contributed by atoms with Crippen molar-refractivity contribution in [1.29, 1.82) is 0 Å². The maximum Gasteiger partial charge on any atom is 0.328 e. The van der Waals surface area contributed by atoms with Crippen LogP contribution in [-0.4, -0.2) is 54.4 Å². The molecule has 1 fully saturated rings. The van der Waals surface area contributed by atoms with Gasteiger partial charge in [0.05, 0.1) is 22.8 Å². The van der Waals surface area contributed by atoms with E-state index in [9.17, 15) is 14.4 Å². The highest BCUT2D eigenvalue weighted by atomic mass is 35.5. The molecule has 0 unspecified atom stereocenters. The number of carbonyl (C=O) groups is 3. The first kappa shape index (κ1) is 23.7. The van der Waals surface area contributed by atoms with Gasteiger partial charge in [-0.2, -0.15) is 0 Å². The van der Waals surface area contributed by atoms with Crippen LogP contribution < -0.4 is 16.4 Å². The molecular formula is C17H21Cl2N3O6. The van der Waals surface area contributed by atoms with Crippen molar-refractivity contribution >= 4 is 41.2 Å². The summed E-state index contributed by atoms with van der Waals surface area (Å²) in [5.41, 5.74) is 6.07. The lowest BCUT2D eigenvalue weighted by molar-refractivity contribution is -0.134. The standard InChI is InChI=1S/C13H17Cl2N3O2.C4H4O4/c14-10-2-1-8(5-11(10)15)12-9(7-18-13(16)19)6-17-3-4-20-12;5-3(6)1-2-4(7)8/h1-2,5,9,12,17H,3-4,6-7H2,(H3,16,18,19);1-2H,(H,5,6)(H,7,8)/b;2-1+/t9-,12-;/m1./s1. The van der Waals surface area contributed by atoms with E-state index in [0.29, 0.717) is 35.3 Å². The molecule has 1 aromatic carbocycles. The zero-order valence-corrected chi connectivity index (χ0v) is 16.2. The molecule has 0 spiro atoms. The number of carboxylic acids is 2. The van der Waals surface area contributed by atoms with Crippen LogP contribution in [0.4, 0.5) is 4.79 Å². The van der Waals surface area contributed by atoms with Crippen LogP contribution in [0.5, 0.6) is 0 Å². The molecule has 2 amide bonds. The third kappa shape index (κ3) is 9.05. The average Bonchev–Trinajstić information content (AvgIpc) is 2.86. The van der Waals surface area contributed by atoms with Crippen molar-refractivity contribution in [2.75, 3.05) is 26.2 Å². The maximum absolute atomic E-state index is 10.9. The number of rotatable bonds is 5. The highest BCUT2D eigenvalue weighted by Crippen LogP contribution is 2.31. The minimum atomic E-state index is -1.26. The van der Waals surface area contributed by atoms with E-state index in [1.165, 1.54) is 0 Å². The second kappa shape index (κ2) is 12.2. The Kier molecular flexibility index (Phi) is 10.3. The Labute approximate surface area is 171 Å². The van der Waals surface area contributed by atoms with Crippen molar-refractivity contribution in [3.05, 3.63) is 46.0 Å². The summed E-state index contributed by atoms with van der Waals surface area (Å²) in [6.07, 6.45) is 0.955. The molecule has 2 rings (SSSR count). The van der Waals surface area contributed by atoms with Gasteiger partial charge in [0, 0.05) is 37.7 Å². The van der Waals surface area contributed by atoms with Gasteiger partial charge in [-0.15, -0.1) is 0 Å². The van der Waals surface area contributed by atoms with Gasteiger partial charge in [0.15, 0.2) is 0 Å². The van der Waals surface area contributed by atoms with Crippen molar-refractivity contribution < 1.29 is 29.3 Å². The van der Waals surface area contributed by atoms with Gasteiger partial charge in [0.1, 0.15) is 0 Å². The summed E-state index contributed by atoms with van der Waals surface area (Å²) in [6, 6.07) is 4.90. The van der Waals surface area contributed by atoms with Gasteiger partial charge in [-0.25, -0.2) is 14.4 Å². The zero-order valence-electron chi connectivity index (χ0n) is 14.7. The predicted molar refractivity (Wildman–Crippen MR) is 104 cm³/mol. The van der Waals surface area contributed by atoms with Gasteiger partial charge in [-0.3, -0.25) is 0 Å². The zero-order chi connectivity index (χ0) is 21.1. The number of aliphatic carboxylic acids is 2. The van der Waals surface area contributed by atoms with Gasteiger partial charge < -0.3 is 31.3 Å². The molecule has 154 valence electrons. The molecule has 1 heterocycles. The normalized spacial score (nSPS) is 19.2. The number of halogens is 2. The number of amides is 2. The molecule has 2 atom stereocenters. The first-order chi connectivity index (χ1) is 13.2. The number of hydrogen-bond acceptors (Lipinski definition) is 5. The summed E-state index contributed by atoms with van der Waals surface area (Å²) >= 11 is 12.0. The molecule has 1 aromatic rings. The van der Waals surface area contributed by atoms with E-state index in [1.807, 2.05) is 6.07 Å². The first-order valence-electron chi connectivity index (χ1n) is 8.15. The van der Waals surface area contributed by atoms with E-state index < -0.39 is 18.0 Å². The largest absolute Gasteiger partial charge is 0.478 e. The number of nitrogens with one attached hydrogen (secondary N) is 2. The Morgan fingerprint density at radius 1 is 1.21 bits per heavy atom. The fourth-order valence-electron chi connectivity index (χ4n) is 2.40. The molecule has 0 aromatic heterocycles. The maximum atomic E-state index is 10.9. The Hall–Kier alpha value is -2.33. The smallest absolute Gasteiger partial charge is 0.328 e. The Morgan fingerprint density at radius 3 is 2.39 bits per heavy atom. The Bertz CT molecular complexity index is 713. The summed E-state index contributed by atoms with van der Waals surface area (Å²) in [5, 5.41) is 22.5. The lowest BCUT2D eigenvalue weighted by atomic mass is 9.95. The third-order valence-corrected chi connectivity index (χ3v) is 4.33. The van der Waals surface area contributed by atoms with Crippen LogP contribution in [0.2, 0.25) is 10.0 Å². The lowest BCUT2D eigenvalue weighted by Crippen LogP contribution is -2.38. The second-order valence-electron chi connectivity index (χ2n) is 5.68. The van der Waals surface area contributed by atoms with Crippen molar-refractivity contribution in [3.63, 3.8) is 0 Å². The van der Waals surface area contributed by atoms with Gasteiger partial charge in [-0.1, -0.05) is 29.3 Å². The molecule has 1 aliphatic heterocycles. The van der Waals surface area contributed by atoms with Crippen molar-refractivity contribution in [2.45, 2.75) is 6.10 Å². The van der Waals surface area contributed by atoms with Gasteiger partial charge >= 0.3 is 18.0 Å². The van der Waals surface area contributed by atoms with Crippen LogP contribution in [0.1, 0.15) is 11.7 Å². The summed E-state index contributed by atoms with van der Waals surface area (Å²) in [5.74, 6) is -2.44. The Morgan fingerprint density at radius 2 is 1.86 bits per heavy atom. The number of nitrogens with two attached hydrogens (primary N) is 1. The van der Waals surface area contributed by atoms with E-state index in [1.54, 1.807) is 12.1 Å². The average molecular weight is 434 g/mol. The highest BCUT2D eigenvalue weighted by molar-refractivity contribution is 6.42. The Balaban J connectivity index is 0.000000416. The molecule has 1 aliphatic rings. The molecule has 0 aliphatic carbocycles. The predicted octanol–water partition coefficient (Wildman–Crippen LogP) is 1.65. The summed E-state index contributed by atoms with van der Waals surface area (Å²) in [6.45, 7) is 2.53. The highest BCUT2D eigenvalue weighted by Gasteiger charge is 2.26. The SMILES string of the molecule is NC(=O)NC[C@H]1CNCCO[C@@H]1c1ccc(Cl)c(Cl)c1.O=C(O)/C=C/C(=O)O. The monoisotopic (exact) mass is 433 g/mol. The van der Waals surface area contributed by atoms with E-state index in [2.05, 4.69) is 10.6 Å². The number of ether oxygens (including phenoxy) is 1. The second-order valence-corrected chi connectivity index (χ2v) is 6.50. The number of urea groups is 1. The summed E-state index contributed by atoms with van der Waals surface area (Å²) in [7, 11) is 0. The molecule has 0 bridgehead atoms. The van der Waals surface area contributed by atoms with Crippen LogP contribution in [-0.2, 0) is 14.3 Å². The number of carbonyl (C=O) groups excluding carboxylic acids is 1. The molecule has 6 N–H and O–H groups in total. The van der Waals surface area contributed by atoms with Gasteiger partial charge in [-0.05, 0) is 17.7 Å². The first-order valence-corrected chi connectivity index (χ1v) is 8.90. The van der Waals surface area contributed by atoms with Crippen LogP contribution in [0.15, 0.2) is 30.4 Å². The van der Waals surface area contributed by atoms with Crippen LogP contribution >= 0.6 is 23.2 Å². The van der Waals surface area contributed by atoms with E-state index in [4.69, 9.17) is 43.9 Å². The topological polar surface area (TPSA) is 151 Å². The van der Waals surface area contributed by atoms with Crippen LogP contribution in [0.25, 0.3) is 0 Å². The minimum Gasteiger partial charge on any atom is -0.478 e. The van der Waals surface area contributed by atoms with E-state index >= 15 is 0 Å². The fourth-order valence-corrected chi connectivity index (χ4v) is 2.71. The van der Waals surface area contributed by atoms with E-state index in [-0.39, 0.29) is 12.0 Å². The number of carboxylic acid groups (broad SMARTS) is 2. The number of benzene rings is 1. The minimum absolute atomic E-state index is 0.0715. The number of primary amides is 1. The molecular weight excluding hydrogens is 413 g/mol. The molecule has 28 heavy (non-hydrogen) atoms. The molecule has 11 heteroatoms. The van der Waals surface area contributed by atoms with Gasteiger partial charge in [0.25, 0.3) is 0 Å². The quantitative estimate of drug-likeness (QED) is 0.442. The van der Waals surface area contributed by atoms with Crippen molar-refractivity contribution in [3.8, 4) is 0 Å². The molecule has 1 saturated heterocycles. The summed E-state index contributed by atoms with van der Waals surface area (Å²) in [4.78, 5) is 30.0. The lowest BCUT2D eigenvalue weighted by Gasteiger charge is -2.25. The number of hydrogen-bond donors (Lipinski definition) is 5. The fraction of sp³-hybridized carbons (Fsp3) is 0.353. The van der Waals surface area contributed by atoms with Crippen molar-refractivity contribution in [2.24, 2.45) is 11.7 Å². The molecule has 0 radical (unpaired) electrons. The summed E-state index contributed by atoms with van der Waals surface area (Å²) < 4.78 is 5.87. The molecule has 0 saturated carbocycles.